The van der Waals surface area contributed by atoms with Crippen LogP contribution in [-0.2, 0) is 0 Å². The molecule has 0 aliphatic carbocycles. The van der Waals surface area contributed by atoms with Gasteiger partial charge in [0.15, 0.2) is 11.5 Å². The summed E-state index contributed by atoms with van der Waals surface area (Å²) in [5.74, 6) is 0.0537. The number of nitriles is 1. The number of halogens is 1. The Bertz CT molecular complexity index is 1190. The summed E-state index contributed by atoms with van der Waals surface area (Å²) in [5.41, 5.74) is 9.75. The summed E-state index contributed by atoms with van der Waals surface area (Å²) < 4.78 is 0. The number of aromatic amines is 1. The van der Waals surface area contributed by atoms with E-state index in [4.69, 9.17) is 17.3 Å². The number of rotatable bonds is 2. The molecule has 4 rings (SSSR count). The molecular weight excluding hydrogens is 352 g/mol. The number of H-pyrrole nitrogens is 1. The first-order valence-electron chi connectivity index (χ1n) is 7.57. The average Bonchev–Trinajstić information content (AvgIpc) is 3.11. The van der Waals surface area contributed by atoms with Crippen LogP contribution in [0.4, 0.5) is 5.82 Å². The van der Waals surface area contributed by atoms with Crippen molar-refractivity contribution >= 4 is 28.3 Å². The normalized spacial score (nSPS) is 10.8. The van der Waals surface area contributed by atoms with Crippen LogP contribution in [0.2, 0.25) is 5.02 Å². The van der Waals surface area contributed by atoms with Gasteiger partial charge < -0.3 is 5.73 Å². The van der Waals surface area contributed by atoms with Crippen LogP contribution in [0.15, 0.2) is 30.6 Å². The van der Waals surface area contributed by atoms with Crippen molar-refractivity contribution in [3.63, 3.8) is 0 Å². The molecule has 126 valence electrons. The lowest BCUT2D eigenvalue weighted by Gasteiger charge is -2.12. The predicted molar refractivity (Wildman–Crippen MR) is 97.0 cm³/mol. The van der Waals surface area contributed by atoms with Crippen LogP contribution in [0.25, 0.3) is 33.4 Å². The second-order valence-corrected chi connectivity index (χ2v) is 6.00. The minimum absolute atomic E-state index is 0.0480. The Morgan fingerprint density at radius 3 is 2.85 bits per heavy atom. The maximum atomic E-state index is 9.30. The van der Waals surface area contributed by atoms with E-state index in [1.165, 1.54) is 0 Å². The summed E-state index contributed by atoms with van der Waals surface area (Å²) in [6.45, 7) is 1.81. The van der Waals surface area contributed by atoms with E-state index >= 15 is 0 Å². The summed E-state index contributed by atoms with van der Waals surface area (Å²) in [4.78, 5) is 8.83. The van der Waals surface area contributed by atoms with Gasteiger partial charge in [0.25, 0.3) is 0 Å². The van der Waals surface area contributed by atoms with Crippen molar-refractivity contribution in [1.29, 1.82) is 5.26 Å². The van der Waals surface area contributed by atoms with Gasteiger partial charge in [-0.3, -0.25) is 5.10 Å². The Kier molecular flexibility index (Phi) is 3.71. The van der Waals surface area contributed by atoms with Crippen LogP contribution >= 0.6 is 11.6 Å². The van der Waals surface area contributed by atoms with Gasteiger partial charge in [0.2, 0.25) is 0 Å². The number of aryl methyl sites for hydroxylation is 1. The number of fused-ring (bicyclic) bond motifs is 1. The van der Waals surface area contributed by atoms with E-state index in [2.05, 4.69) is 30.4 Å². The molecule has 1 aromatic carbocycles. The molecule has 0 saturated heterocycles. The number of nitrogens with one attached hydrogen (secondary N) is 1. The molecule has 8 nitrogen and oxygen atoms in total. The zero-order valence-corrected chi connectivity index (χ0v) is 14.3. The maximum Gasteiger partial charge on any atom is 0.183 e. The van der Waals surface area contributed by atoms with E-state index < -0.39 is 0 Å². The SMILES string of the molecule is Cc1nnccc1-c1nc(N)c(C#N)nc1-c1cc(Cl)c2[nH]ncc2c1. The second-order valence-electron chi connectivity index (χ2n) is 5.59. The lowest BCUT2D eigenvalue weighted by molar-refractivity contribution is 0.979. The van der Waals surface area contributed by atoms with E-state index in [1.807, 2.05) is 19.1 Å². The molecule has 0 fully saturated rings. The Morgan fingerprint density at radius 1 is 1.23 bits per heavy atom. The molecule has 0 aliphatic rings. The van der Waals surface area contributed by atoms with E-state index in [0.29, 0.717) is 27.7 Å². The summed E-state index contributed by atoms with van der Waals surface area (Å²) in [6, 6.07) is 7.37. The molecule has 0 aliphatic heterocycles. The Labute approximate surface area is 152 Å². The average molecular weight is 363 g/mol. The highest BCUT2D eigenvalue weighted by atomic mass is 35.5. The van der Waals surface area contributed by atoms with E-state index in [9.17, 15) is 5.26 Å². The van der Waals surface area contributed by atoms with Gasteiger partial charge in [-0.05, 0) is 25.1 Å². The van der Waals surface area contributed by atoms with Gasteiger partial charge in [0, 0.05) is 16.5 Å². The summed E-state index contributed by atoms with van der Waals surface area (Å²) in [7, 11) is 0. The van der Waals surface area contributed by atoms with Gasteiger partial charge in [-0.15, -0.1) is 0 Å². The largest absolute Gasteiger partial charge is 0.381 e. The molecular formula is C17H11ClN8. The van der Waals surface area contributed by atoms with Crippen LogP contribution in [0.3, 0.4) is 0 Å². The summed E-state index contributed by atoms with van der Waals surface area (Å²) in [5, 5.41) is 25.4. The number of hydrogen-bond donors (Lipinski definition) is 2. The third-order valence-corrected chi connectivity index (χ3v) is 4.26. The van der Waals surface area contributed by atoms with Gasteiger partial charge in [0.1, 0.15) is 11.8 Å². The Balaban J connectivity index is 2.05. The lowest BCUT2D eigenvalue weighted by Crippen LogP contribution is -2.04. The maximum absolute atomic E-state index is 9.30. The number of anilines is 1. The van der Waals surface area contributed by atoms with Gasteiger partial charge in [-0.1, -0.05) is 11.6 Å². The third-order valence-electron chi connectivity index (χ3n) is 3.96. The second kappa shape index (κ2) is 6.06. The molecule has 3 N–H and O–H groups in total. The number of nitrogens with zero attached hydrogens (tertiary/aromatic N) is 6. The van der Waals surface area contributed by atoms with Gasteiger partial charge in [0.05, 0.1) is 34.3 Å². The first-order valence-corrected chi connectivity index (χ1v) is 7.95. The third kappa shape index (κ3) is 2.51. The zero-order valence-electron chi connectivity index (χ0n) is 13.5. The molecule has 3 heterocycles. The van der Waals surface area contributed by atoms with Crippen molar-refractivity contribution in [1.82, 2.24) is 30.4 Å². The number of aromatic nitrogens is 6. The van der Waals surface area contributed by atoms with Crippen molar-refractivity contribution in [3.8, 4) is 28.6 Å². The fourth-order valence-corrected chi connectivity index (χ4v) is 2.99. The number of hydrogen-bond acceptors (Lipinski definition) is 7. The van der Waals surface area contributed by atoms with E-state index in [0.717, 1.165) is 16.5 Å². The van der Waals surface area contributed by atoms with Crippen LogP contribution < -0.4 is 5.73 Å². The molecule has 9 heteroatoms. The van der Waals surface area contributed by atoms with Crippen LogP contribution in [0.5, 0.6) is 0 Å². The number of nitrogen functional groups attached to an aromatic ring is 1. The molecule has 3 aromatic heterocycles. The Morgan fingerprint density at radius 2 is 2.08 bits per heavy atom. The van der Waals surface area contributed by atoms with Crippen LogP contribution in [0.1, 0.15) is 11.4 Å². The standard InChI is InChI=1S/C17H11ClN8/c1-8-11(2-3-21-25-8)16-15(23-13(6-19)17(20)24-16)9-4-10-7-22-26-14(10)12(18)5-9/h2-5,7H,1H3,(H2,20,24)(H,22,26). The lowest BCUT2D eigenvalue weighted by atomic mass is 10.0. The van der Waals surface area contributed by atoms with Crippen molar-refractivity contribution in [3.05, 3.63) is 47.0 Å². The summed E-state index contributed by atoms with van der Waals surface area (Å²) in [6.07, 6.45) is 3.23. The van der Waals surface area contributed by atoms with Gasteiger partial charge in [-0.25, -0.2) is 9.97 Å². The topological polar surface area (TPSA) is 130 Å². The van der Waals surface area contributed by atoms with Crippen LogP contribution in [-0.4, -0.2) is 30.4 Å². The fraction of sp³-hybridized carbons (Fsp3) is 0.0588. The van der Waals surface area contributed by atoms with E-state index in [-0.39, 0.29) is 11.5 Å². The fourth-order valence-electron chi connectivity index (χ4n) is 2.72. The molecule has 0 spiro atoms. The molecule has 0 bridgehead atoms. The highest BCUT2D eigenvalue weighted by molar-refractivity contribution is 6.35. The van der Waals surface area contributed by atoms with Crippen molar-refractivity contribution < 1.29 is 0 Å². The first-order chi connectivity index (χ1) is 12.6. The van der Waals surface area contributed by atoms with Crippen LogP contribution in [0, 0.1) is 18.3 Å². The van der Waals surface area contributed by atoms with Crippen molar-refractivity contribution in [2.75, 3.05) is 5.73 Å². The molecule has 0 saturated carbocycles. The smallest absolute Gasteiger partial charge is 0.183 e. The highest BCUT2D eigenvalue weighted by Crippen LogP contribution is 2.35. The molecule has 26 heavy (non-hydrogen) atoms. The van der Waals surface area contributed by atoms with Gasteiger partial charge >= 0.3 is 0 Å². The monoisotopic (exact) mass is 362 g/mol. The molecule has 0 radical (unpaired) electrons. The first kappa shape index (κ1) is 15.9. The van der Waals surface area contributed by atoms with Gasteiger partial charge in [-0.2, -0.15) is 20.6 Å². The number of benzene rings is 1. The van der Waals surface area contributed by atoms with Crippen molar-refractivity contribution in [2.24, 2.45) is 0 Å². The predicted octanol–water partition coefficient (Wildman–Crippen LogP) is 2.89. The molecule has 0 atom stereocenters. The molecule has 4 aromatic rings. The number of nitrogens with two attached hydrogens (primary N) is 1. The van der Waals surface area contributed by atoms with Crippen molar-refractivity contribution in [2.45, 2.75) is 6.92 Å². The highest BCUT2D eigenvalue weighted by Gasteiger charge is 2.19. The van der Waals surface area contributed by atoms with E-state index in [1.54, 1.807) is 24.5 Å². The quantitative estimate of drug-likeness (QED) is 0.560. The minimum Gasteiger partial charge on any atom is -0.381 e. The summed E-state index contributed by atoms with van der Waals surface area (Å²) >= 11 is 6.36. The Hall–Kier alpha value is -3.57. The molecule has 0 unspecified atom stereocenters. The molecule has 0 amide bonds. The minimum atomic E-state index is 0.0480. The zero-order chi connectivity index (χ0) is 18.3.